The number of ether oxygens (including phenoxy) is 2. The lowest BCUT2D eigenvalue weighted by atomic mass is 9.87. The van der Waals surface area contributed by atoms with E-state index in [1.165, 1.54) is 0 Å². The Hall–Kier alpha value is -2.85. The molecule has 1 amide bonds. The van der Waals surface area contributed by atoms with Crippen LogP contribution in [0.1, 0.15) is 47.0 Å². The van der Waals surface area contributed by atoms with Crippen molar-refractivity contribution in [1.82, 2.24) is 5.32 Å². The SMILES string of the molecule is CC(C)(CC(C)(C)NC(=O)Oc1ccc(OC2=CCCC=C2)cc1)N=C=O. The molecule has 0 unspecified atom stereocenters. The smallest absolute Gasteiger partial charge is 0.413 e. The first kappa shape index (κ1) is 20.5. The van der Waals surface area contributed by atoms with Gasteiger partial charge < -0.3 is 14.8 Å². The lowest BCUT2D eigenvalue weighted by molar-refractivity contribution is 0.182. The molecular weight excluding hydrogens is 344 g/mol. The molecule has 1 aliphatic carbocycles. The molecule has 0 atom stereocenters. The van der Waals surface area contributed by atoms with E-state index in [1.54, 1.807) is 30.3 Å². The van der Waals surface area contributed by atoms with Crippen LogP contribution in [-0.4, -0.2) is 23.3 Å². The predicted octanol–water partition coefficient (Wildman–Crippen LogP) is 4.67. The predicted molar refractivity (Wildman–Crippen MR) is 104 cm³/mol. The van der Waals surface area contributed by atoms with Crippen LogP contribution in [0.2, 0.25) is 0 Å². The molecule has 6 heteroatoms. The Kier molecular flexibility index (Phi) is 6.59. The third kappa shape index (κ3) is 7.12. The van der Waals surface area contributed by atoms with E-state index < -0.39 is 17.2 Å². The van der Waals surface area contributed by atoms with E-state index in [-0.39, 0.29) is 0 Å². The summed E-state index contributed by atoms with van der Waals surface area (Å²) in [5.41, 5.74) is -1.23. The average molecular weight is 370 g/mol. The summed E-state index contributed by atoms with van der Waals surface area (Å²) in [5.74, 6) is 1.90. The van der Waals surface area contributed by atoms with Gasteiger partial charge in [0, 0.05) is 5.54 Å². The topological polar surface area (TPSA) is 77.0 Å². The number of carbonyl (C=O) groups excluding carboxylic acids is 2. The van der Waals surface area contributed by atoms with Crippen molar-refractivity contribution < 1.29 is 19.1 Å². The van der Waals surface area contributed by atoms with Crippen molar-refractivity contribution in [1.29, 1.82) is 0 Å². The number of amides is 1. The van der Waals surface area contributed by atoms with Gasteiger partial charge >= 0.3 is 6.09 Å². The van der Waals surface area contributed by atoms with Crippen LogP contribution in [0.5, 0.6) is 11.5 Å². The van der Waals surface area contributed by atoms with E-state index in [1.807, 2.05) is 39.8 Å². The van der Waals surface area contributed by atoms with Gasteiger partial charge in [0.05, 0.1) is 5.54 Å². The zero-order chi connectivity index (χ0) is 19.9. The fraction of sp³-hybridized carbons (Fsp3) is 0.429. The summed E-state index contributed by atoms with van der Waals surface area (Å²) in [7, 11) is 0. The molecule has 0 saturated heterocycles. The van der Waals surface area contributed by atoms with Crippen LogP contribution in [0.3, 0.4) is 0 Å². The average Bonchev–Trinajstić information content (AvgIpc) is 2.55. The molecule has 1 aromatic rings. The van der Waals surface area contributed by atoms with Crippen LogP contribution in [0, 0.1) is 0 Å². The number of nitrogens with zero attached hydrogens (tertiary/aromatic N) is 1. The summed E-state index contributed by atoms with van der Waals surface area (Å²) >= 11 is 0. The van der Waals surface area contributed by atoms with Crippen molar-refractivity contribution in [3.8, 4) is 11.5 Å². The van der Waals surface area contributed by atoms with Gasteiger partial charge in [0.25, 0.3) is 0 Å². The first-order valence-corrected chi connectivity index (χ1v) is 8.93. The van der Waals surface area contributed by atoms with Crippen LogP contribution in [0.25, 0.3) is 0 Å². The van der Waals surface area contributed by atoms with Gasteiger partial charge in [-0.05, 0) is 83.4 Å². The van der Waals surface area contributed by atoms with E-state index in [4.69, 9.17) is 9.47 Å². The molecule has 1 aromatic carbocycles. The first-order chi connectivity index (χ1) is 12.7. The van der Waals surface area contributed by atoms with E-state index in [0.29, 0.717) is 17.9 Å². The highest BCUT2D eigenvalue weighted by atomic mass is 16.6. The van der Waals surface area contributed by atoms with Gasteiger partial charge in [-0.1, -0.05) is 6.08 Å². The second-order valence-corrected chi connectivity index (χ2v) is 7.75. The second kappa shape index (κ2) is 8.69. The van der Waals surface area contributed by atoms with Crippen molar-refractivity contribution in [2.75, 3.05) is 0 Å². The molecule has 1 N–H and O–H groups in total. The Bertz CT molecular complexity index is 770. The molecule has 144 valence electrons. The minimum absolute atomic E-state index is 0.411. The number of nitrogens with one attached hydrogen (secondary N) is 1. The Labute approximate surface area is 160 Å². The maximum Gasteiger partial charge on any atom is 0.413 e. The highest BCUT2D eigenvalue weighted by molar-refractivity contribution is 5.71. The summed E-state index contributed by atoms with van der Waals surface area (Å²) in [5, 5.41) is 2.80. The summed E-state index contributed by atoms with van der Waals surface area (Å²) in [6.07, 6.45) is 9.51. The van der Waals surface area contributed by atoms with Crippen LogP contribution in [0.4, 0.5) is 4.79 Å². The van der Waals surface area contributed by atoms with Crippen LogP contribution >= 0.6 is 0 Å². The van der Waals surface area contributed by atoms with Crippen LogP contribution in [-0.2, 0) is 4.79 Å². The summed E-state index contributed by atoms with van der Waals surface area (Å²) < 4.78 is 11.1. The van der Waals surface area contributed by atoms with Crippen molar-refractivity contribution in [2.24, 2.45) is 4.99 Å². The fourth-order valence-electron chi connectivity index (χ4n) is 3.07. The highest BCUT2D eigenvalue weighted by Crippen LogP contribution is 2.24. The van der Waals surface area contributed by atoms with E-state index in [9.17, 15) is 9.59 Å². The summed E-state index contributed by atoms with van der Waals surface area (Å²) in [4.78, 5) is 26.5. The molecule has 0 aromatic heterocycles. The van der Waals surface area contributed by atoms with Crippen molar-refractivity contribution >= 4 is 12.2 Å². The molecule has 0 radical (unpaired) electrons. The number of aliphatic imine (C=N–C) groups is 1. The van der Waals surface area contributed by atoms with Gasteiger partial charge in [-0.15, -0.1) is 0 Å². The number of carbonyl (C=O) groups is 1. The molecule has 27 heavy (non-hydrogen) atoms. The molecular formula is C21H26N2O4. The standard InChI is InChI=1S/C21H26N2O4/c1-20(2,22-15-24)14-21(3,4)23-19(25)27-18-12-10-17(11-13-18)26-16-8-6-5-7-9-16/h6,8-13H,5,7,14H2,1-4H3,(H,23,25). The molecule has 0 aliphatic heterocycles. The van der Waals surface area contributed by atoms with E-state index in [0.717, 1.165) is 18.6 Å². The molecule has 2 rings (SSSR count). The molecule has 1 aliphatic rings. The fourth-order valence-corrected chi connectivity index (χ4v) is 3.07. The van der Waals surface area contributed by atoms with Gasteiger partial charge in [-0.3, -0.25) is 0 Å². The van der Waals surface area contributed by atoms with Gasteiger partial charge in [-0.25, -0.2) is 9.59 Å². The molecule has 0 heterocycles. The van der Waals surface area contributed by atoms with Gasteiger partial charge in [0.15, 0.2) is 0 Å². The molecule has 0 bridgehead atoms. The van der Waals surface area contributed by atoms with Gasteiger partial charge in [0.2, 0.25) is 6.08 Å². The number of rotatable bonds is 7. The normalized spacial score (nSPS) is 14.0. The molecule has 6 nitrogen and oxygen atoms in total. The van der Waals surface area contributed by atoms with Crippen molar-refractivity contribution in [3.05, 3.63) is 48.3 Å². The highest BCUT2D eigenvalue weighted by Gasteiger charge is 2.30. The largest absolute Gasteiger partial charge is 0.458 e. The van der Waals surface area contributed by atoms with Crippen LogP contribution < -0.4 is 14.8 Å². The lowest BCUT2D eigenvalue weighted by Gasteiger charge is -2.31. The Morgan fingerprint density at radius 1 is 1.15 bits per heavy atom. The summed E-state index contributed by atoms with van der Waals surface area (Å²) in [6.45, 7) is 7.31. The monoisotopic (exact) mass is 370 g/mol. The number of benzene rings is 1. The van der Waals surface area contributed by atoms with Gasteiger partial charge in [-0.2, -0.15) is 4.99 Å². The number of hydrogen-bond donors (Lipinski definition) is 1. The quantitative estimate of drug-likeness (QED) is 0.559. The number of isocyanates is 1. The van der Waals surface area contributed by atoms with E-state index >= 15 is 0 Å². The Morgan fingerprint density at radius 3 is 2.41 bits per heavy atom. The zero-order valence-corrected chi connectivity index (χ0v) is 16.2. The number of allylic oxidation sites excluding steroid dienone is 3. The van der Waals surface area contributed by atoms with Crippen LogP contribution in [0.15, 0.2) is 53.2 Å². The molecule has 0 fully saturated rings. The Balaban J connectivity index is 1.90. The van der Waals surface area contributed by atoms with E-state index in [2.05, 4.69) is 16.4 Å². The minimum Gasteiger partial charge on any atom is -0.458 e. The number of hydrogen-bond acceptors (Lipinski definition) is 5. The lowest BCUT2D eigenvalue weighted by Crippen LogP contribution is -2.48. The Morgan fingerprint density at radius 2 is 1.81 bits per heavy atom. The molecule has 0 saturated carbocycles. The third-order valence-electron chi connectivity index (χ3n) is 3.89. The van der Waals surface area contributed by atoms with Gasteiger partial charge in [0.1, 0.15) is 17.3 Å². The maximum absolute atomic E-state index is 12.2. The van der Waals surface area contributed by atoms with Crippen molar-refractivity contribution in [2.45, 2.75) is 58.0 Å². The third-order valence-corrected chi connectivity index (χ3v) is 3.89. The minimum atomic E-state index is -0.625. The second-order valence-electron chi connectivity index (χ2n) is 7.75. The summed E-state index contributed by atoms with van der Waals surface area (Å²) in [6, 6.07) is 6.85. The molecule has 0 spiro atoms. The zero-order valence-electron chi connectivity index (χ0n) is 16.2. The maximum atomic E-state index is 12.2. The van der Waals surface area contributed by atoms with Crippen molar-refractivity contribution in [3.63, 3.8) is 0 Å². The first-order valence-electron chi connectivity index (χ1n) is 8.93.